The number of carbonyl (C=O) groups is 1. The van der Waals surface area contributed by atoms with Gasteiger partial charge in [0.25, 0.3) is 0 Å². The number of carbonyl (C=O) groups excluding carboxylic acids is 1. The summed E-state index contributed by atoms with van der Waals surface area (Å²) in [6.07, 6.45) is 1.61. The van der Waals surface area contributed by atoms with Crippen LogP contribution in [0.25, 0.3) is 0 Å². The zero-order chi connectivity index (χ0) is 14.5. The molecule has 0 radical (unpaired) electrons. The molecule has 0 aliphatic heterocycles. The average Bonchev–Trinajstić information content (AvgIpc) is 2.86. The van der Waals surface area contributed by atoms with E-state index in [1.54, 1.807) is 18.3 Å². The SMILES string of the molecule is Cc1cccc(NC(=O)Cn2cc(CN)nn2)c1C#N. The van der Waals surface area contributed by atoms with E-state index in [-0.39, 0.29) is 19.0 Å². The molecule has 0 unspecified atom stereocenters. The number of anilines is 1. The summed E-state index contributed by atoms with van der Waals surface area (Å²) >= 11 is 0. The van der Waals surface area contributed by atoms with Crippen LogP contribution in [0.3, 0.4) is 0 Å². The van der Waals surface area contributed by atoms with Crippen LogP contribution in [0.4, 0.5) is 5.69 Å². The lowest BCUT2D eigenvalue weighted by molar-refractivity contribution is -0.116. The highest BCUT2D eigenvalue weighted by atomic mass is 16.2. The summed E-state index contributed by atoms with van der Waals surface area (Å²) in [7, 11) is 0. The van der Waals surface area contributed by atoms with Gasteiger partial charge in [-0.2, -0.15) is 5.26 Å². The molecule has 0 spiro atoms. The molecule has 0 fully saturated rings. The van der Waals surface area contributed by atoms with Crippen LogP contribution in [0, 0.1) is 18.3 Å². The van der Waals surface area contributed by atoms with Crippen molar-refractivity contribution in [3.8, 4) is 6.07 Å². The first-order valence-electron chi connectivity index (χ1n) is 6.02. The molecule has 2 aromatic rings. The molecule has 3 N–H and O–H groups in total. The smallest absolute Gasteiger partial charge is 0.246 e. The topological polar surface area (TPSA) is 110 Å². The minimum Gasteiger partial charge on any atom is -0.325 e. The van der Waals surface area contributed by atoms with Crippen LogP contribution in [0.1, 0.15) is 16.8 Å². The third kappa shape index (κ3) is 2.99. The maximum atomic E-state index is 11.9. The summed E-state index contributed by atoms with van der Waals surface area (Å²) in [5.74, 6) is -0.277. The van der Waals surface area contributed by atoms with Gasteiger partial charge in [0.1, 0.15) is 12.6 Å². The Morgan fingerprint density at radius 3 is 3.00 bits per heavy atom. The molecular formula is C13H14N6O. The Morgan fingerprint density at radius 2 is 2.35 bits per heavy atom. The lowest BCUT2D eigenvalue weighted by Crippen LogP contribution is -2.19. The maximum Gasteiger partial charge on any atom is 0.246 e. The van der Waals surface area contributed by atoms with Gasteiger partial charge in [-0.05, 0) is 18.6 Å². The van der Waals surface area contributed by atoms with E-state index in [0.29, 0.717) is 16.9 Å². The summed E-state index contributed by atoms with van der Waals surface area (Å²) in [6, 6.07) is 7.37. The van der Waals surface area contributed by atoms with Crippen molar-refractivity contribution in [2.75, 3.05) is 5.32 Å². The van der Waals surface area contributed by atoms with Gasteiger partial charge in [-0.15, -0.1) is 5.10 Å². The Balaban J connectivity index is 2.09. The fourth-order valence-corrected chi connectivity index (χ4v) is 1.77. The van der Waals surface area contributed by atoms with Gasteiger partial charge in [0, 0.05) is 6.54 Å². The van der Waals surface area contributed by atoms with Gasteiger partial charge in [0.15, 0.2) is 0 Å². The second-order valence-electron chi connectivity index (χ2n) is 4.27. The lowest BCUT2D eigenvalue weighted by Gasteiger charge is -2.08. The molecule has 0 aliphatic rings. The highest BCUT2D eigenvalue weighted by Crippen LogP contribution is 2.18. The molecule has 1 amide bonds. The quantitative estimate of drug-likeness (QED) is 0.843. The largest absolute Gasteiger partial charge is 0.325 e. The van der Waals surface area contributed by atoms with E-state index in [0.717, 1.165) is 5.56 Å². The molecule has 0 saturated carbocycles. The highest BCUT2D eigenvalue weighted by Gasteiger charge is 2.10. The third-order valence-electron chi connectivity index (χ3n) is 2.76. The molecular weight excluding hydrogens is 256 g/mol. The van der Waals surface area contributed by atoms with Crippen molar-refractivity contribution >= 4 is 11.6 Å². The van der Waals surface area contributed by atoms with Crippen LogP contribution in [0.15, 0.2) is 24.4 Å². The number of nitrogens with zero attached hydrogens (tertiary/aromatic N) is 4. The molecule has 7 heteroatoms. The van der Waals surface area contributed by atoms with E-state index >= 15 is 0 Å². The summed E-state index contributed by atoms with van der Waals surface area (Å²) in [5, 5.41) is 19.4. The van der Waals surface area contributed by atoms with E-state index in [1.165, 1.54) is 4.68 Å². The number of nitrogens with two attached hydrogens (primary N) is 1. The number of hydrogen-bond acceptors (Lipinski definition) is 5. The van der Waals surface area contributed by atoms with Gasteiger partial charge in [-0.3, -0.25) is 4.79 Å². The molecule has 0 saturated heterocycles. The van der Waals surface area contributed by atoms with Crippen molar-refractivity contribution in [1.29, 1.82) is 5.26 Å². The Kier molecular flexibility index (Phi) is 4.08. The van der Waals surface area contributed by atoms with Crippen molar-refractivity contribution in [1.82, 2.24) is 15.0 Å². The minimum atomic E-state index is -0.277. The number of amides is 1. The second kappa shape index (κ2) is 5.95. The molecule has 0 bridgehead atoms. The maximum absolute atomic E-state index is 11.9. The highest BCUT2D eigenvalue weighted by molar-refractivity contribution is 5.92. The van der Waals surface area contributed by atoms with Gasteiger partial charge < -0.3 is 11.1 Å². The van der Waals surface area contributed by atoms with Crippen LogP contribution in [0.5, 0.6) is 0 Å². The monoisotopic (exact) mass is 270 g/mol. The van der Waals surface area contributed by atoms with E-state index in [4.69, 9.17) is 11.0 Å². The molecule has 1 aromatic carbocycles. The molecule has 1 aromatic heterocycles. The predicted octanol–water partition coefficient (Wildman–Crippen LogP) is 0.556. The molecule has 102 valence electrons. The van der Waals surface area contributed by atoms with Crippen LogP contribution in [-0.4, -0.2) is 20.9 Å². The number of hydrogen-bond donors (Lipinski definition) is 2. The molecule has 1 heterocycles. The normalized spacial score (nSPS) is 10.1. The molecule has 2 rings (SSSR count). The van der Waals surface area contributed by atoms with Gasteiger partial charge in [-0.25, -0.2) is 4.68 Å². The van der Waals surface area contributed by atoms with Crippen molar-refractivity contribution in [2.45, 2.75) is 20.0 Å². The van der Waals surface area contributed by atoms with Gasteiger partial charge >= 0.3 is 0 Å². The fraction of sp³-hybridized carbons (Fsp3) is 0.231. The van der Waals surface area contributed by atoms with Crippen LogP contribution in [-0.2, 0) is 17.9 Å². The lowest BCUT2D eigenvalue weighted by atomic mass is 10.1. The third-order valence-corrected chi connectivity index (χ3v) is 2.76. The summed E-state index contributed by atoms with van der Waals surface area (Å²) in [5.41, 5.74) is 7.81. The fourth-order valence-electron chi connectivity index (χ4n) is 1.77. The number of rotatable bonds is 4. The number of nitriles is 1. The number of benzene rings is 1. The van der Waals surface area contributed by atoms with Crippen molar-refractivity contribution in [3.05, 3.63) is 41.2 Å². The van der Waals surface area contributed by atoms with Crippen LogP contribution >= 0.6 is 0 Å². The number of aryl methyl sites for hydroxylation is 1. The van der Waals surface area contributed by atoms with E-state index in [1.807, 2.05) is 13.0 Å². The predicted molar refractivity (Wildman–Crippen MR) is 72.4 cm³/mol. The molecule has 7 nitrogen and oxygen atoms in total. The van der Waals surface area contributed by atoms with E-state index in [9.17, 15) is 4.79 Å². The Bertz CT molecular complexity index is 670. The number of aromatic nitrogens is 3. The molecule has 0 atom stereocenters. The standard InChI is InChI=1S/C13H14N6O/c1-9-3-2-4-12(11(9)6-15)16-13(20)8-19-7-10(5-14)17-18-19/h2-4,7H,5,8,14H2,1H3,(H,16,20). The summed E-state index contributed by atoms with van der Waals surface area (Å²) in [4.78, 5) is 11.9. The van der Waals surface area contributed by atoms with Crippen molar-refractivity contribution < 1.29 is 4.79 Å². The van der Waals surface area contributed by atoms with E-state index in [2.05, 4.69) is 21.7 Å². The average molecular weight is 270 g/mol. The van der Waals surface area contributed by atoms with Gasteiger partial charge in [0.2, 0.25) is 5.91 Å². The Hall–Kier alpha value is -2.72. The zero-order valence-electron chi connectivity index (χ0n) is 11.0. The van der Waals surface area contributed by atoms with Crippen LogP contribution < -0.4 is 11.1 Å². The summed E-state index contributed by atoms with van der Waals surface area (Å²) in [6.45, 7) is 2.11. The first kappa shape index (κ1) is 13.7. The second-order valence-corrected chi connectivity index (χ2v) is 4.27. The molecule has 0 aliphatic carbocycles. The Labute approximate surface area is 116 Å². The first-order chi connectivity index (χ1) is 9.63. The first-order valence-corrected chi connectivity index (χ1v) is 6.02. The summed E-state index contributed by atoms with van der Waals surface area (Å²) < 4.78 is 1.40. The van der Waals surface area contributed by atoms with Gasteiger partial charge in [-0.1, -0.05) is 17.3 Å². The molecule has 20 heavy (non-hydrogen) atoms. The van der Waals surface area contributed by atoms with E-state index < -0.39 is 0 Å². The van der Waals surface area contributed by atoms with Crippen LogP contribution in [0.2, 0.25) is 0 Å². The van der Waals surface area contributed by atoms with Crippen molar-refractivity contribution in [3.63, 3.8) is 0 Å². The zero-order valence-corrected chi connectivity index (χ0v) is 11.0. The number of nitrogens with one attached hydrogen (secondary N) is 1. The Morgan fingerprint density at radius 1 is 1.55 bits per heavy atom. The van der Waals surface area contributed by atoms with Gasteiger partial charge in [0.05, 0.1) is 23.1 Å². The minimum absolute atomic E-state index is 0.0197. The van der Waals surface area contributed by atoms with Crippen molar-refractivity contribution in [2.24, 2.45) is 5.73 Å².